The van der Waals surface area contributed by atoms with Crippen molar-refractivity contribution in [3.63, 3.8) is 0 Å². The average Bonchev–Trinajstić information content (AvgIpc) is 2.54. The first-order valence-electron chi connectivity index (χ1n) is 7.97. The molecule has 1 aromatic rings. The van der Waals surface area contributed by atoms with Crippen molar-refractivity contribution < 1.29 is 9.59 Å². The summed E-state index contributed by atoms with van der Waals surface area (Å²) >= 11 is 3.40. The molecule has 2 unspecified atom stereocenters. The van der Waals surface area contributed by atoms with Gasteiger partial charge in [-0.2, -0.15) is 0 Å². The monoisotopic (exact) mass is 381 g/mol. The van der Waals surface area contributed by atoms with E-state index in [9.17, 15) is 9.59 Å². The van der Waals surface area contributed by atoms with Gasteiger partial charge in [0.2, 0.25) is 11.8 Å². The van der Waals surface area contributed by atoms with Crippen molar-refractivity contribution in [1.29, 1.82) is 0 Å². The number of hydrogen-bond acceptors (Lipinski definition) is 3. The van der Waals surface area contributed by atoms with Crippen LogP contribution in [0.15, 0.2) is 28.7 Å². The molecule has 1 aromatic carbocycles. The molecule has 1 aliphatic heterocycles. The van der Waals surface area contributed by atoms with Gasteiger partial charge >= 0.3 is 0 Å². The standard InChI is InChI=1S/C17H24BrN3O2/c1-12(22)20-16(13-5-7-14(18)8-6-13)10-17(23)21-9-3-4-15(11-21)19-2/h5-8,15-16,19H,3-4,9-11H2,1-2H3,(H,20,22). The van der Waals surface area contributed by atoms with E-state index >= 15 is 0 Å². The molecule has 0 bridgehead atoms. The number of halogens is 1. The van der Waals surface area contributed by atoms with Crippen molar-refractivity contribution in [1.82, 2.24) is 15.5 Å². The third kappa shape index (κ3) is 5.32. The lowest BCUT2D eigenvalue weighted by atomic mass is 10.0. The molecule has 0 saturated carbocycles. The van der Waals surface area contributed by atoms with E-state index in [1.54, 1.807) is 0 Å². The molecule has 1 fully saturated rings. The summed E-state index contributed by atoms with van der Waals surface area (Å²) in [6, 6.07) is 7.79. The molecule has 1 aliphatic rings. The maximum atomic E-state index is 12.6. The molecular weight excluding hydrogens is 358 g/mol. The zero-order chi connectivity index (χ0) is 16.8. The maximum absolute atomic E-state index is 12.6. The van der Waals surface area contributed by atoms with Crippen LogP contribution in [0.2, 0.25) is 0 Å². The van der Waals surface area contributed by atoms with E-state index in [4.69, 9.17) is 0 Å². The van der Waals surface area contributed by atoms with Gasteiger partial charge in [0.1, 0.15) is 0 Å². The summed E-state index contributed by atoms with van der Waals surface area (Å²) in [5, 5.41) is 6.14. The molecule has 0 spiro atoms. The van der Waals surface area contributed by atoms with Crippen molar-refractivity contribution in [3.8, 4) is 0 Å². The quantitative estimate of drug-likeness (QED) is 0.821. The Hall–Kier alpha value is -1.40. The highest BCUT2D eigenvalue weighted by Crippen LogP contribution is 2.22. The molecule has 0 aliphatic carbocycles. The highest BCUT2D eigenvalue weighted by atomic mass is 79.9. The Kier molecular flexibility index (Phi) is 6.59. The van der Waals surface area contributed by atoms with Gasteiger partial charge in [0.25, 0.3) is 0 Å². The number of carbonyl (C=O) groups excluding carboxylic acids is 2. The van der Waals surface area contributed by atoms with Crippen molar-refractivity contribution >= 4 is 27.7 Å². The van der Waals surface area contributed by atoms with E-state index in [0.717, 1.165) is 36.0 Å². The second-order valence-corrected chi connectivity index (χ2v) is 6.89. The Morgan fingerprint density at radius 3 is 2.65 bits per heavy atom. The van der Waals surface area contributed by atoms with E-state index in [0.29, 0.717) is 6.04 Å². The summed E-state index contributed by atoms with van der Waals surface area (Å²) in [7, 11) is 1.93. The molecule has 1 saturated heterocycles. The smallest absolute Gasteiger partial charge is 0.225 e. The van der Waals surface area contributed by atoms with E-state index in [1.807, 2.05) is 36.2 Å². The van der Waals surface area contributed by atoms with E-state index < -0.39 is 0 Å². The fourth-order valence-electron chi connectivity index (χ4n) is 2.94. The van der Waals surface area contributed by atoms with Crippen molar-refractivity contribution in [3.05, 3.63) is 34.3 Å². The number of amides is 2. The number of nitrogens with one attached hydrogen (secondary N) is 2. The average molecular weight is 382 g/mol. The first-order valence-corrected chi connectivity index (χ1v) is 8.76. The number of benzene rings is 1. The van der Waals surface area contributed by atoms with Crippen LogP contribution in [0.25, 0.3) is 0 Å². The van der Waals surface area contributed by atoms with Crippen LogP contribution in [0.5, 0.6) is 0 Å². The molecule has 23 heavy (non-hydrogen) atoms. The minimum atomic E-state index is -0.289. The van der Waals surface area contributed by atoms with Crippen LogP contribution in [0, 0.1) is 0 Å². The number of hydrogen-bond donors (Lipinski definition) is 2. The number of likely N-dealkylation sites (N-methyl/N-ethyl adjacent to an activating group) is 1. The van der Waals surface area contributed by atoms with E-state index in [-0.39, 0.29) is 24.3 Å². The van der Waals surface area contributed by atoms with Crippen LogP contribution in [0.3, 0.4) is 0 Å². The Balaban J connectivity index is 2.06. The van der Waals surface area contributed by atoms with Crippen molar-refractivity contribution in [2.75, 3.05) is 20.1 Å². The van der Waals surface area contributed by atoms with Gasteiger partial charge < -0.3 is 15.5 Å². The summed E-state index contributed by atoms with van der Waals surface area (Å²) in [5.74, 6) is -0.0379. The first-order chi connectivity index (χ1) is 11.0. The zero-order valence-corrected chi connectivity index (χ0v) is 15.2. The summed E-state index contributed by atoms with van der Waals surface area (Å²) in [6.07, 6.45) is 2.40. The minimum Gasteiger partial charge on any atom is -0.349 e. The Morgan fingerprint density at radius 2 is 2.04 bits per heavy atom. The number of likely N-dealkylation sites (tertiary alicyclic amines) is 1. The van der Waals surface area contributed by atoms with Gasteiger partial charge in [0, 0.05) is 30.5 Å². The van der Waals surface area contributed by atoms with Gasteiger partial charge in [-0.3, -0.25) is 9.59 Å². The summed E-state index contributed by atoms with van der Waals surface area (Å²) in [4.78, 5) is 26.0. The number of piperidine rings is 1. The lowest BCUT2D eigenvalue weighted by molar-refractivity contribution is -0.133. The van der Waals surface area contributed by atoms with E-state index in [1.165, 1.54) is 6.92 Å². The predicted molar refractivity (Wildman–Crippen MR) is 94.0 cm³/mol. The molecule has 5 nitrogen and oxygen atoms in total. The summed E-state index contributed by atoms with van der Waals surface area (Å²) in [6.45, 7) is 3.01. The SMILES string of the molecule is CNC1CCCN(C(=O)CC(NC(C)=O)c2ccc(Br)cc2)C1. The minimum absolute atomic E-state index is 0.0895. The highest BCUT2D eigenvalue weighted by Gasteiger charge is 2.25. The Labute approximate surface area is 145 Å². The second-order valence-electron chi connectivity index (χ2n) is 5.98. The zero-order valence-electron chi connectivity index (χ0n) is 13.6. The largest absolute Gasteiger partial charge is 0.349 e. The molecule has 1 heterocycles. The van der Waals surface area contributed by atoms with Crippen LogP contribution in [0.1, 0.15) is 37.8 Å². The normalized spacial score (nSPS) is 19.3. The lowest BCUT2D eigenvalue weighted by Crippen LogP contribution is -2.47. The third-order valence-electron chi connectivity index (χ3n) is 4.21. The van der Waals surface area contributed by atoms with Crippen molar-refractivity contribution in [2.45, 2.75) is 38.3 Å². The molecule has 2 atom stereocenters. The van der Waals surface area contributed by atoms with Gasteiger partial charge in [-0.1, -0.05) is 28.1 Å². The number of carbonyl (C=O) groups is 2. The molecule has 126 valence electrons. The van der Waals surface area contributed by atoms with Crippen LogP contribution >= 0.6 is 15.9 Å². The van der Waals surface area contributed by atoms with Crippen LogP contribution < -0.4 is 10.6 Å². The first kappa shape index (κ1) is 17.9. The third-order valence-corrected chi connectivity index (χ3v) is 4.74. The fraction of sp³-hybridized carbons (Fsp3) is 0.529. The molecular formula is C17H24BrN3O2. The molecule has 2 rings (SSSR count). The second kappa shape index (κ2) is 8.45. The molecule has 6 heteroatoms. The van der Waals surface area contributed by atoms with Gasteiger partial charge in [-0.05, 0) is 37.6 Å². The van der Waals surface area contributed by atoms with Gasteiger partial charge in [0.15, 0.2) is 0 Å². The molecule has 2 amide bonds. The predicted octanol–water partition coefficient (Wildman–Crippen LogP) is 2.23. The topological polar surface area (TPSA) is 61.4 Å². The molecule has 0 aromatic heterocycles. The van der Waals surface area contributed by atoms with Crippen LogP contribution in [-0.4, -0.2) is 42.9 Å². The van der Waals surface area contributed by atoms with Gasteiger partial charge in [0.05, 0.1) is 12.5 Å². The van der Waals surface area contributed by atoms with Gasteiger partial charge in [-0.15, -0.1) is 0 Å². The van der Waals surface area contributed by atoms with Crippen LogP contribution in [-0.2, 0) is 9.59 Å². The van der Waals surface area contributed by atoms with Crippen molar-refractivity contribution in [2.24, 2.45) is 0 Å². The summed E-state index contributed by atoms with van der Waals surface area (Å²) < 4.78 is 0.974. The Bertz CT molecular complexity index is 547. The molecule has 0 radical (unpaired) electrons. The van der Waals surface area contributed by atoms with Crippen LogP contribution in [0.4, 0.5) is 0 Å². The Morgan fingerprint density at radius 1 is 1.35 bits per heavy atom. The lowest BCUT2D eigenvalue weighted by Gasteiger charge is -2.33. The number of rotatable bonds is 5. The van der Waals surface area contributed by atoms with Gasteiger partial charge in [-0.25, -0.2) is 0 Å². The maximum Gasteiger partial charge on any atom is 0.225 e. The highest BCUT2D eigenvalue weighted by molar-refractivity contribution is 9.10. The number of nitrogens with zero attached hydrogens (tertiary/aromatic N) is 1. The fourth-order valence-corrected chi connectivity index (χ4v) is 3.20. The summed E-state index contributed by atoms with van der Waals surface area (Å²) in [5.41, 5.74) is 0.943. The molecule has 2 N–H and O–H groups in total. The van der Waals surface area contributed by atoms with E-state index in [2.05, 4.69) is 26.6 Å².